The Morgan fingerprint density at radius 3 is 2.74 bits per heavy atom. The second kappa shape index (κ2) is 10.1. The molecule has 1 aliphatic carbocycles. The number of nitrogens with one attached hydrogen (secondary N) is 1. The molecular weight excluding hydrogens is 501 g/mol. The molecule has 3 heterocycles. The summed E-state index contributed by atoms with van der Waals surface area (Å²) >= 11 is 1.81. The number of fused-ring (bicyclic) bond motifs is 5. The Hall–Kier alpha value is -3.91. The molecule has 6 nitrogen and oxygen atoms in total. The minimum Gasteiger partial charge on any atom is -0.462 e. The van der Waals surface area contributed by atoms with Crippen molar-refractivity contribution in [2.75, 3.05) is 11.9 Å². The molecule has 0 radical (unpaired) electrons. The number of halogens is 1. The van der Waals surface area contributed by atoms with E-state index < -0.39 is 12.0 Å². The second-order valence-corrected chi connectivity index (χ2v) is 10.7. The summed E-state index contributed by atoms with van der Waals surface area (Å²) in [6, 6.07) is 16.3. The summed E-state index contributed by atoms with van der Waals surface area (Å²) in [6.45, 7) is 2.42. The van der Waals surface area contributed by atoms with E-state index in [0.717, 1.165) is 35.5 Å². The Bertz CT molecular complexity index is 1520. The lowest BCUT2D eigenvalue weighted by molar-refractivity contribution is 0.0526. The number of thiophene rings is 1. The molecule has 0 fully saturated rings. The highest BCUT2D eigenvalue weighted by atomic mass is 32.1. The number of amides is 2. The van der Waals surface area contributed by atoms with Crippen molar-refractivity contribution in [2.45, 2.75) is 45.2 Å². The number of anilines is 1. The molecule has 38 heavy (non-hydrogen) atoms. The normalized spacial score (nSPS) is 16.2. The van der Waals surface area contributed by atoms with E-state index in [0.29, 0.717) is 23.4 Å². The molecule has 4 aromatic rings. The second-order valence-electron chi connectivity index (χ2n) is 9.61. The number of ether oxygens (including phenoxy) is 1. The first-order chi connectivity index (χ1) is 18.5. The van der Waals surface area contributed by atoms with E-state index in [4.69, 9.17) is 4.74 Å². The van der Waals surface area contributed by atoms with Crippen molar-refractivity contribution < 1.29 is 18.7 Å². The van der Waals surface area contributed by atoms with Crippen molar-refractivity contribution in [1.82, 2.24) is 9.47 Å². The Kier molecular flexibility index (Phi) is 6.49. The van der Waals surface area contributed by atoms with Crippen LogP contribution < -0.4 is 5.32 Å². The molecule has 2 aliphatic rings. The van der Waals surface area contributed by atoms with Crippen LogP contribution in [0.3, 0.4) is 0 Å². The number of esters is 1. The minimum atomic E-state index is -0.507. The van der Waals surface area contributed by atoms with Crippen LogP contribution in [0, 0.1) is 5.82 Å². The third-order valence-corrected chi connectivity index (χ3v) is 8.56. The summed E-state index contributed by atoms with van der Waals surface area (Å²) in [7, 11) is 0. The van der Waals surface area contributed by atoms with Crippen LogP contribution in [0.2, 0.25) is 0 Å². The van der Waals surface area contributed by atoms with Gasteiger partial charge < -0.3 is 19.5 Å². The van der Waals surface area contributed by atoms with Crippen LogP contribution in [0.5, 0.6) is 0 Å². The van der Waals surface area contributed by atoms with Crippen LogP contribution in [0.4, 0.5) is 14.9 Å². The van der Waals surface area contributed by atoms with Crippen LogP contribution in [-0.2, 0) is 24.1 Å². The van der Waals surface area contributed by atoms with Gasteiger partial charge in [-0.1, -0.05) is 18.2 Å². The summed E-state index contributed by atoms with van der Waals surface area (Å²) in [6.07, 6.45) is 6.41. The molecule has 1 N–H and O–H groups in total. The van der Waals surface area contributed by atoms with Crippen molar-refractivity contribution in [3.8, 4) is 5.00 Å². The molecule has 0 saturated heterocycles. The van der Waals surface area contributed by atoms with Crippen molar-refractivity contribution in [1.29, 1.82) is 0 Å². The van der Waals surface area contributed by atoms with Crippen molar-refractivity contribution >= 4 is 29.0 Å². The number of aryl methyl sites for hydroxylation is 1. The fourth-order valence-electron chi connectivity index (χ4n) is 5.55. The Morgan fingerprint density at radius 2 is 1.89 bits per heavy atom. The zero-order valence-corrected chi connectivity index (χ0v) is 21.9. The van der Waals surface area contributed by atoms with E-state index in [2.05, 4.69) is 9.88 Å². The summed E-state index contributed by atoms with van der Waals surface area (Å²) in [5.74, 6) is -0.789. The predicted octanol–water partition coefficient (Wildman–Crippen LogP) is 6.87. The quantitative estimate of drug-likeness (QED) is 0.294. The fraction of sp³-hybridized carbons (Fsp3) is 0.267. The van der Waals surface area contributed by atoms with E-state index >= 15 is 0 Å². The lowest BCUT2D eigenvalue weighted by atomic mass is 9.95. The molecule has 2 aromatic carbocycles. The standard InChI is InChI=1S/C30H28FN3O3S/c1-2-37-29(35)20-9-6-11-22(17-20)32-30(36)34-18-24-23-12-3-4-14-26(23)38-28(24)33-15-7-13-25(33)27(34)19-8-5-10-21(31)16-19/h5-11,13,15-17,27H,2-4,12,14,18H2,1H3,(H,32,36)/t27-/m1/s1. The van der Waals surface area contributed by atoms with E-state index in [1.165, 1.54) is 29.0 Å². The van der Waals surface area contributed by atoms with Gasteiger partial charge in [0.1, 0.15) is 10.8 Å². The number of hydrogen-bond acceptors (Lipinski definition) is 4. The molecule has 0 bridgehead atoms. The highest BCUT2D eigenvalue weighted by Crippen LogP contribution is 2.44. The smallest absolute Gasteiger partial charge is 0.338 e. The Morgan fingerprint density at radius 1 is 1.05 bits per heavy atom. The van der Waals surface area contributed by atoms with Crippen LogP contribution in [0.25, 0.3) is 5.00 Å². The van der Waals surface area contributed by atoms with Gasteiger partial charge in [0.2, 0.25) is 0 Å². The monoisotopic (exact) mass is 529 g/mol. The molecule has 8 heteroatoms. The molecule has 1 aliphatic heterocycles. The van der Waals surface area contributed by atoms with E-state index in [9.17, 15) is 14.0 Å². The predicted molar refractivity (Wildman–Crippen MR) is 145 cm³/mol. The first-order valence-electron chi connectivity index (χ1n) is 12.9. The number of carbonyl (C=O) groups excluding carboxylic acids is 2. The maximum Gasteiger partial charge on any atom is 0.338 e. The van der Waals surface area contributed by atoms with Crippen molar-refractivity contribution in [3.05, 3.63) is 106 Å². The Labute approximate surface area is 224 Å². The lowest BCUT2D eigenvalue weighted by Crippen LogP contribution is -2.38. The summed E-state index contributed by atoms with van der Waals surface area (Å²) in [4.78, 5) is 29.5. The molecular formula is C30H28FN3O3S. The SMILES string of the molecule is CCOC(=O)c1cccc(NC(=O)N2Cc3c(sc4c3CCCC4)-n3cccc3[C@H]2c2cccc(F)c2)c1. The molecule has 1 atom stereocenters. The first-order valence-corrected chi connectivity index (χ1v) is 13.8. The van der Waals surface area contributed by atoms with Crippen LogP contribution >= 0.6 is 11.3 Å². The molecule has 6 rings (SSSR count). The average molecular weight is 530 g/mol. The third-order valence-electron chi connectivity index (χ3n) is 7.23. The maximum atomic E-state index is 14.4. The number of urea groups is 1. The fourth-order valence-corrected chi connectivity index (χ4v) is 6.95. The number of aromatic nitrogens is 1. The van der Waals surface area contributed by atoms with E-state index in [-0.39, 0.29) is 18.5 Å². The molecule has 194 valence electrons. The summed E-state index contributed by atoms with van der Waals surface area (Å²) in [5, 5.41) is 4.13. The van der Waals surface area contributed by atoms with Gasteiger partial charge >= 0.3 is 12.0 Å². The number of nitrogens with zero attached hydrogens (tertiary/aromatic N) is 2. The summed E-state index contributed by atoms with van der Waals surface area (Å²) in [5.41, 5.74) is 4.97. The van der Waals surface area contributed by atoms with Gasteiger partial charge in [0.25, 0.3) is 0 Å². The zero-order chi connectivity index (χ0) is 26.2. The van der Waals surface area contributed by atoms with Gasteiger partial charge in [0.15, 0.2) is 0 Å². The minimum absolute atomic E-state index is 0.269. The molecule has 2 aromatic heterocycles. The van der Waals surface area contributed by atoms with Crippen LogP contribution in [-0.4, -0.2) is 28.1 Å². The summed E-state index contributed by atoms with van der Waals surface area (Å²) < 4.78 is 21.7. The first kappa shape index (κ1) is 24.4. The number of carbonyl (C=O) groups is 2. The largest absolute Gasteiger partial charge is 0.462 e. The molecule has 0 spiro atoms. The highest BCUT2D eigenvalue weighted by Gasteiger charge is 2.36. The van der Waals surface area contributed by atoms with Crippen LogP contribution in [0.15, 0.2) is 66.9 Å². The van der Waals surface area contributed by atoms with Crippen molar-refractivity contribution in [3.63, 3.8) is 0 Å². The van der Waals surface area contributed by atoms with Gasteiger partial charge in [-0.25, -0.2) is 14.0 Å². The molecule has 0 unspecified atom stereocenters. The lowest BCUT2D eigenvalue weighted by Gasteiger charge is -2.31. The van der Waals surface area contributed by atoms with Gasteiger partial charge in [0.05, 0.1) is 30.5 Å². The van der Waals surface area contributed by atoms with E-state index in [1.54, 1.807) is 53.5 Å². The van der Waals surface area contributed by atoms with Gasteiger partial charge in [-0.2, -0.15) is 0 Å². The highest BCUT2D eigenvalue weighted by molar-refractivity contribution is 7.15. The number of benzene rings is 2. The molecule has 2 amide bonds. The van der Waals surface area contributed by atoms with Gasteiger partial charge in [-0.05, 0) is 86.2 Å². The third kappa shape index (κ3) is 4.39. The number of hydrogen-bond donors (Lipinski definition) is 1. The van der Waals surface area contributed by atoms with Gasteiger partial charge in [-0.15, -0.1) is 11.3 Å². The van der Waals surface area contributed by atoms with E-state index in [1.807, 2.05) is 24.4 Å². The maximum absolute atomic E-state index is 14.4. The zero-order valence-electron chi connectivity index (χ0n) is 21.1. The van der Waals surface area contributed by atoms with Crippen molar-refractivity contribution in [2.24, 2.45) is 0 Å². The Balaban J connectivity index is 1.44. The number of rotatable bonds is 4. The average Bonchev–Trinajstić information content (AvgIpc) is 3.51. The van der Waals surface area contributed by atoms with Crippen LogP contribution in [0.1, 0.15) is 63.4 Å². The molecule has 0 saturated carbocycles. The van der Waals surface area contributed by atoms with Gasteiger partial charge in [0, 0.05) is 22.3 Å². The topological polar surface area (TPSA) is 63.6 Å². The van der Waals surface area contributed by atoms with Gasteiger partial charge in [-0.3, -0.25) is 0 Å².